The molecule has 0 radical (unpaired) electrons. The fourth-order valence-electron chi connectivity index (χ4n) is 1.82. The van der Waals surface area contributed by atoms with Gasteiger partial charge in [0, 0.05) is 16.6 Å². The number of hydrogen-bond donors (Lipinski definition) is 1. The maximum absolute atomic E-state index is 12.3. The summed E-state index contributed by atoms with van der Waals surface area (Å²) in [7, 11) is -3.72. The number of halogens is 1. The number of anilines is 1. The van der Waals surface area contributed by atoms with Crippen LogP contribution in [0.3, 0.4) is 0 Å². The van der Waals surface area contributed by atoms with Crippen LogP contribution in [0.1, 0.15) is 16.1 Å². The van der Waals surface area contributed by atoms with Crippen LogP contribution in [0, 0.1) is 0 Å². The molecule has 0 saturated heterocycles. The first-order valence-corrected chi connectivity index (χ1v) is 9.40. The molecule has 24 heavy (non-hydrogen) atoms. The van der Waals surface area contributed by atoms with E-state index < -0.39 is 15.7 Å². The Labute approximate surface area is 146 Å². The molecule has 7 nitrogen and oxygen atoms in total. The van der Waals surface area contributed by atoms with Gasteiger partial charge in [0.2, 0.25) is 15.0 Å². The summed E-state index contributed by atoms with van der Waals surface area (Å²) in [6.45, 7) is 0. The number of furan rings is 1. The van der Waals surface area contributed by atoms with Gasteiger partial charge in [0.15, 0.2) is 5.76 Å². The van der Waals surface area contributed by atoms with Gasteiger partial charge in [-0.05, 0) is 29.8 Å². The van der Waals surface area contributed by atoms with E-state index in [4.69, 9.17) is 16.0 Å². The lowest BCUT2D eigenvalue weighted by atomic mass is 10.2. The fourth-order valence-corrected chi connectivity index (χ4v) is 4.03. The molecule has 0 fully saturated rings. The molecule has 0 aliphatic rings. The number of aromatic nitrogens is 2. The highest BCUT2D eigenvalue weighted by molar-refractivity contribution is 7.90. The van der Waals surface area contributed by atoms with E-state index in [-0.39, 0.29) is 21.8 Å². The van der Waals surface area contributed by atoms with E-state index in [9.17, 15) is 13.2 Å². The van der Waals surface area contributed by atoms with Crippen LogP contribution in [0.4, 0.5) is 5.13 Å². The van der Waals surface area contributed by atoms with E-state index in [1.165, 1.54) is 12.3 Å². The van der Waals surface area contributed by atoms with Crippen LogP contribution in [0.15, 0.2) is 52.2 Å². The van der Waals surface area contributed by atoms with Gasteiger partial charge >= 0.3 is 0 Å². The number of nitrogens with zero attached hydrogens (tertiary/aromatic N) is 2. The zero-order valence-corrected chi connectivity index (χ0v) is 14.4. The van der Waals surface area contributed by atoms with Gasteiger partial charge in [-0.25, -0.2) is 8.42 Å². The highest BCUT2D eigenvalue weighted by atomic mass is 35.5. The molecule has 124 valence electrons. The molecule has 1 N–H and O–H groups in total. The van der Waals surface area contributed by atoms with Crippen molar-refractivity contribution in [2.45, 2.75) is 10.9 Å². The molecular weight excluding hydrogens is 374 g/mol. The lowest BCUT2D eigenvalue weighted by Gasteiger charge is -2.01. The summed E-state index contributed by atoms with van der Waals surface area (Å²) in [4.78, 5) is 15.7. The first-order chi connectivity index (χ1) is 11.4. The fraction of sp³-hybridized carbons (Fsp3) is 0.0714. The molecule has 0 atom stereocenters. The molecule has 2 heterocycles. The molecule has 0 saturated carbocycles. The maximum Gasteiger partial charge on any atom is 0.293 e. The van der Waals surface area contributed by atoms with Crippen LogP contribution in [0.25, 0.3) is 0 Å². The number of sulfone groups is 1. The van der Waals surface area contributed by atoms with Gasteiger partial charge in [-0.15, -0.1) is 0 Å². The Morgan fingerprint density at radius 2 is 2.00 bits per heavy atom. The predicted molar refractivity (Wildman–Crippen MR) is 88.9 cm³/mol. The summed E-state index contributed by atoms with van der Waals surface area (Å²) in [6.07, 6.45) is 1.36. The average molecular weight is 384 g/mol. The summed E-state index contributed by atoms with van der Waals surface area (Å²) in [6, 6.07) is 9.50. The third-order valence-electron chi connectivity index (χ3n) is 2.92. The van der Waals surface area contributed by atoms with E-state index in [2.05, 4.69) is 14.7 Å². The average Bonchev–Trinajstić information content (AvgIpc) is 3.20. The van der Waals surface area contributed by atoms with E-state index in [1.54, 1.807) is 30.3 Å². The Morgan fingerprint density at radius 3 is 2.67 bits per heavy atom. The van der Waals surface area contributed by atoms with Crippen molar-refractivity contribution in [2.75, 3.05) is 5.32 Å². The second-order valence-electron chi connectivity index (χ2n) is 4.70. The maximum atomic E-state index is 12.3. The highest BCUT2D eigenvalue weighted by Gasteiger charge is 2.22. The summed E-state index contributed by atoms with van der Waals surface area (Å²) < 4.78 is 33.4. The molecule has 3 aromatic rings. The number of carbonyl (C=O) groups excluding carboxylic acids is 1. The van der Waals surface area contributed by atoms with E-state index >= 15 is 0 Å². The van der Waals surface area contributed by atoms with Crippen molar-refractivity contribution < 1.29 is 17.6 Å². The van der Waals surface area contributed by atoms with Crippen molar-refractivity contribution in [1.82, 2.24) is 9.36 Å². The number of benzene rings is 1. The largest absolute Gasteiger partial charge is 0.459 e. The lowest BCUT2D eigenvalue weighted by Crippen LogP contribution is -2.11. The minimum Gasteiger partial charge on any atom is -0.459 e. The minimum atomic E-state index is -3.72. The molecule has 2 aromatic heterocycles. The second-order valence-corrected chi connectivity index (χ2v) is 7.77. The Kier molecular flexibility index (Phi) is 4.65. The quantitative estimate of drug-likeness (QED) is 0.726. The van der Waals surface area contributed by atoms with Crippen molar-refractivity contribution in [3.63, 3.8) is 0 Å². The van der Waals surface area contributed by atoms with Crippen LogP contribution in [-0.4, -0.2) is 23.7 Å². The minimum absolute atomic E-state index is 0.0751. The first kappa shape index (κ1) is 16.6. The molecule has 10 heteroatoms. The SMILES string of the molecule is O=C(Nc1nc(S(=O)(=O)Cc2ccc(Cl)cc2)ns1)c1ccco1. The lowest BCUT2D eigenvalue weighted by molar-refractivity contribution is 0.0996. The van der Waals surface area contributed by atoms with Crippen molar-refractivity contribution in [3.05, 3.63) is 59.0 Å². The van der Waals surface area contributed by atoms with E-state index in [1.807, 2.05) is 0 Å². The van der Waals surface area contributed by atoms with Crippen LogP contribution in [0.2, 0.25) is 5.02 Å². The van der Waals surface area contributed by atoms with Crippen molar-refractivity contribution in [3.8, 4) is 0 Å². The van der Waals surface area contributed by atoms with Crippen molar-refractivity contribution >= 4 is 44.0 Å². The third-order valence-corrected chi connectivity index (χ3v) is 5.37. The molecule has 0 aliphatic carbocycles. The smallest absolute Gasteiger partial charge is 0.293 e. The van der Waals surface area contributed by atoms with Gasteiger partial charge < -0.3 is 4.42 Å². The standard InChI is InChI=1S/C14H10ClN3O4S2/c15-10-5-3-9(4-6-10)8-24(20,21)14-17-13(23-18-14)16-12(19)11-2-1-7-22-11/h1-7H,8H2,(H,16,17,18,19). The van der Waals surface area contributed by atoms with Crippen LogP contribution < -0.4 is 5.32 Å². The number of nitrogens with one attached hydrogen (secondary N) is 1. The molecule has 0 spiro atoms. The van der Waals surface area contributed by atoms with Gasteiger partial charge in [-0.3, -0.25) is 10.1 Å². The van der Waals surface area contributed by atoms with Crippen molar-refractivity contribution in [1.29, 1.82) is 0 Å². The predicted octanol–water partition coefficient (Wildman–Crippen LogP) is 3.01. The first-order valence-electron chi connectivity index (χ1n) is 6.60. The summed E-state index contributed by atoms with van der Waals surface area (Å²) in [5.41, 5.74) is 0.565. The van der Waals surface area contributed by atoms with Crippen LogP contribution in [0.5, 0.6) is 0 Å². The molecule has 1 amide bonds. The molecule has 0 unspecified atom stereocenters. The zero-order valence-electron chi connectivity index (χ0n) is 12.0. The Morgan fingerprint density at radius 1 is 1.25 bits per heavy atom. The van der Waals surface area contributed by atoms with E-state index in [0.717, 1.165) is 11.5 Å². The summed E-state index contributed by atoms with van der Waals surface area (Å²) >= 11 is 6.55. The summed E-state index contributed by atoms with van der Waals surface area (Å²) in [5, 5.41) is 2.70. The summed E-state index contributed by atoms with van der Waals surface area (Å²) in [5.74, 6) is -0.694. The number of amides is 1. The normalized spacial score (nSPS) is 11.4. The topological polar surface area (TPSA) is 102 Å². The van der Waals surface area contributed by atoms with Gasteiger partial charge in [0.1, 0.15) is 0 Å². The Bertz CT molecular complexity index is 950. The molecule has 1 aromatic carbocycles. The van der Waals surface area contributed by atoms with Crippen LogP contribution in [-0.2, 0) is 15.6 Å². The molecule has 0 aliphatic heterocycles. The number of hydrogen-bond acceptors (Lipinski definition) is 7. The highest BCUT2D eigenvalue weighted by Crippen LogP contribution is 2.20. The second kappa shape index (κ2) is 6.71. The Balaban J connectivity index is 1.74. The monoisotopic (exact) mass is 383 g/mol. The van der Waals surface area contributed by atoms with Gasteiger partial charge in [-0.2, -0.15) is 9.36 Å². The molecule has 3 rings (SSSR count). The van der Waals surface area contributed by atoms with Crippen LogP contribution >= 0.6 is 23.1 Å². The van der Waals surface area contributed by atoms with Crippen molar-refractivity contribution in [2.24, 2.45) is 0 Å². The van der Waals surface area contributed by atoms with Gasteiger partial charge in [0.05, 0.1) is 12.0 Å². The number of carbonyl (C=O) groups is 1. The molecule has 0 bridgehead atoms. The molecular formula is C14H10ClN3O4S2. The van der Waals surface area contributed by atoms with Gasteiger partial charge in [-0.1, -0.05) is 23.7 Å². The number of rotatable bonds is 5. The van der Waals surface area contributed by atoms with Gasteiger partial charge in [0.25, 0.3) is 11.1 Å². The Hall–Kier alpha value is -2.23. The third kappa shape index (κ3) is 3.81. The zero-order chi connectivity index (χ0) is 17.2. The van der Waals surface area contributed by atoms with E-state index in [0.29, 0.717) is 10.6 Å².